The van der Waals surface area contributed by atoms with Crippen molar-refractivity contribution in [2.45, 2.75) is 38.3 Å². The third-order valence-corrected chi connectivity index (χ3v) is 4.78. The normalized spacial score (nSPS) is 19.4. The highest BCUT2D eigenvalue weighted by molar-refractivity contribution is 5.92. The molecule has 3 N–H and O–H groups in total. The molecule has 2 aromatic rings. The van der Waals surface area contributed by atoms with Crippen LogP contribution in [0.4, 0.5) is 5.69 Å². The van der Waals surface area contributed by atoms with E-state index in [-0.39, 0.29) is 6.10 Å². The van der Waals surface area contributed by atoms with Crippen molar-refractivity contribution in [1.29, 1.82) is 0 Å². The SMILES string of the molecule is NC(=NCc1ccnc(OC2CCOC2)c1)Nc1ccc2c(c1)CCC2. The van der Waals surface area contributed by atoms with Gasteiger partial charge in [0.2, 0.25) is 5.88 Å². The number of nitrogens with two attached hydrogens (primary N) is 1. The molecule has 1 unspecified atom stereocenters. The predicted octanol–water partition coefficient (Wildman–Crippen LogP) is 2.66. The Morgan fingerprint density at radius 3 is 3.08 bits per heavy atom. The van der Waals surface area contributed by atoms with Gasteiger partial charge in [0.05, 0.1) is 19.8 Å². The lowest BCUT2D eigenvalue weighted by atomic mass is 10.1. The number of aliphatic imine (C=N–C) groups is 1. The summed E-state index contributed by atoms with van der Waals surface area (Å²) in [7, 11) is 0. The van der Waals surface area contributed by atoms with Gasteiger partial charge in [-0.2, -0.15) is 0 Å². The first-order chi connectivity index (χ1) is 12.8. The molecular weight excluding hydrogens is 328 g/mol. The zero-order valence-electron chi connectivity index (χ0n) is 14.8. The van der Waals surface area contributed by atoms with E-state index in [9.17, 15) is 0 Å². The second kappa shape index (κ2) is 7.74. The molecule has 1 fully saturated rings. The summed E-state index contributed by atoms with van der Waals surface area (Å²) in [5, 5.41) is 3.18. The summed E-state index contributed by atoms with van der Waals surface area (Å²) in [4.78, 5) is 8.69. The van der Waals surface area contributed by atoms with E-state index in [0.717, 1.165) is 30.7 Å². The summed E-state index contributed by atoms with van der Waals surface area (Å²) in [6.45, 7) is 1.85. The van der Waals surface area contributed by atoms with E-state index in [2.05, 4.69) is 33.5 Å². The molecule has 6 heteroatoms. The van der Waals surface area contributed by atoms with Crippen LogP contribution in [0.3, 0.4) is 0 Å². The molecule has 0 amide bonds. The Balaban J connectivity index is 1.36. The van der Waals surface area contributed by atoms with Crippen LogP contribution < -0.4 is 15.8 Å². The number of nitrogens with zero attached hydrogens (tertiary/aromatic N) is 2. The molecule has 2 heterocycles. The number of guanidine groups is 1. The average molecular weight is 352 g/mol. The molecule has 1 aliphatic carbocycles. The molecule has 26 heavy (non-hydrogen) atoms. The third-order valence-electron chi connectivity index (χ3n) is 4.78. The topological polar surface area (TPSA) is 81.8 Å². The van der Waals surface area contributed by atoms with Gasteiger partial charge in [-0.05, 0) is 54.2 Å². The second-order valence-electron chi connectivity index (χ2n) is 6.77. The van der Waals surface area contributed by atoms with E-state index in [1.165, 1.54) is 24.0 Å². The van der Waals surface area contributed by atoms with Gasteiger partial charge in [0.1, 0.15) is 6.10 Å². The van der Waals surface area contributed by atoms with Gasteiger partial charge in [0, 0.05) is 24.4 Å². The van der Waals surface area contributed by atoms with Gasteiger partial charge in [-0.25, -0.2) is 9.98 Å². The molecule has 1 saturated heterocycles. The highest BCUT2D eigenvalue weighted by atomic mass is 16.5. The van der Waals surface area contributed by atoms with Crippen LogP contribution in [0.1, 0.15) is 29.5 Å². The zero-order valence-corrected chi connectivity index (χ0v) is 14.8. The number of hydrogen-bond acceptors (Lipinski definition) is 4. The van der Waals surface area contributed by atoms with Crippen LogP contribution in [-0.2, 0) is 24.1 Å². The molecule has 0 radical (unpaired) electrons. The van der Waals surface area contributed by atoms with Crippen LogP contribution in [0.25, 0.3) is 0 Å². The average Bonchev–Trinajstić information content (AvgIpc) is 3.31. The number of hydrogen-bond donors (Lipinski definition) is 2. The number of pyridine rings is 1. The van der Waals surface area contributed by atoms with E-state index >= 15 is 0 Å². The number of fused-ring (bicyclic) bond motifs is 1. The van der Waals surface area contributed by atoms with Crippen LogP contribution >= 0.6 is 0 Å². The summed E-state index contributed by atoms with van der Waals surface area (Å²) in [5.41, 5.74) is 10.9. The van der Waals surface area contributed by atoms with Crippen molar-refractivity contribution in [2.24, 2.45) is 10.7 Å². The second-order valence-corrected chi connectivity index (χ2v) is 6.77. The fourth-order valence-electron chi connectivity index (χ4n) is 3.40. The number of rotatable bonds is 5. The summed E-state index contributed by atoms with van der Waals surface area (Å²) < 4.78 is 11.2. The van der Waals surface area contributed by atoms with Crippen molar-refractivity contribution < 1.29 is 9.47 Å². The first-order valence-corrected chi connectivity index (χ1v) is 9.14. The van der Waals surface area contributed by atoms with Gasteiger partial charge >= 0.3 is 0 Å². The molecule has 136 valence electrons. The van der Waals surface area contributed by atoms with E-state index in [1.807, 2.05) is 12.1 Å². The summed E-state index contributed by atoms with van der Waals surface area (Å²) in [5.74, 6) is 1.02. The molecule has 1 aromatic heterocycles. The molecule has 0 spiro atoms. The quantitative estimate of drug-likeness (QED) is 0.639. The van der Waals surface area contributed by atoms with E-state index < -0.39 is 0 Å². The fraction of sp³-hybridized carbons (Fsp3) is 0.400. The van der Waals surface area contributed by atoms with Crippen molar-refractivity contribution >= 4 is 11.6 Å². The molecule has 1 aromatic carbocycles. The lowest BCUT2D eigenvalue weighted by Crippen LogP contribution is -2.22. The van der Waals surface area contributed by atoms with Gasteiger partial charge in [-0.3, -0.25) is 0 Å². The predicted molar refractivity (Wildman–Crippen MR) is 102 cm³/mol. The van der Waals surface area contributed by atoms with Crippen molar-refractivity contribution in [3.63, 3.8) is 0 Å². The minimum absolute atomic E-state index is 0.0906. The number of benzene rings is 1. The first kappa shape index (κ1) is 16.8. The number of anilines is 1. The third kappa shape index (κ3) is 4.14. The summed E-state index contributed by atoms with van der Waals surface area (Å²) >= 11 is 0. The van der Waals surface area contributed by atoms with E-state index in [4.69, 9.17) is 15.2 Å². The summed E-state index contributed by atoms with van der Waals surface area (Å²) in [6.07, 6.45) is 6.29. The summed E-state index contributed by atoms with van der Waals surface area (Å²) in [6, 6.07) is 10.2. The first-order valence-electron chi connectivity index (χ1n) is 9.14. The Hall–Kier alpha value is -2.60. The lowest BCUT2D eigenvalue weighted by molar-refractivity contribution is 0.138. The largest absolute Gasteiger partial charge is 0.472 e. The zero-order chi connectivity index (χ0) is 17.8. The smallest absolute Gasteiger partial charge is 0.213 e. The molecule has 0 bridgehead atoms. The van der Waals surface area contributed by atoms with Crippen molar-refractivity contribution in [2.75, 3.05) is 18.5 Å². The number of aryl methyl sites for hydroxylation is 2. The molecule has 1 aliphatic heterocycles. The van der Waals surface area contributed by atoms with Crippen LogP contribution in [0.2, 0.25) is 0 Å². The van der Waals surface area contributed by atoms with Crippen LogP contribution in [0.5, 0.6) is 5.88 Å². The monoisotopic (exact) mass is 352 g/mol. The Kier molecular flexibility index (Phi) is 5.02. The molecular formula is C20H24N4O2. The van der Waals surface area contributed by atoms with Crippen molar-refractivity contribution in [1.82, 2.24) is 4.98 Å². The van der Waals surface area contributed by atoms with Crippen molar-refractivity contribution in [3.05, 3.63) is 53.2 Å². The highest BCUT2D eigenvalue weighted by Crippen LogP contribution is 2.24. The lowest BCUT2D eigenvalue weighted by Gasteiger charge is -2.11. The van der Waals surface area contributed by atoms with Gasteiger partial charge in [-0.15, -0.1) is 0 Å². The molecule has 0 saturated carbocycles. The molecule has 2 aliphatic rings. The van der Waals surface area contributed by atoms with Crippen molar-refractivity contribution in [3.8, 4) is 5.88 Å². The maximum atomic E-state index is 6.04. The Morgan fingerprint density at radius 1 is 1.27 bits per heavy atom. The molecule has 4 rings (SSSR count). The van der Waals surface area contributed by atoms with Crippen LogP contribution in [-0.4, -0.2) is 30.3 Å². The fourth-order valence-corrected chi connectivity index (χ4v) is 3.40. The molecule has 1 atom stereocenters. The van der Waals surface area contributed by atoms with E-state index in [0.29, 0.717) is 25.0 Å². The van der Waals surface area contributed by atoms with Crippen LogP contribution in [0, 0.1) is 0 Å². The number of aromatic nitrogens is 1. The maximum absolute atomic E-state index is 6.04. The van der Waals surface area contributed by atoms with Crippen LogP contribution in [0.15, 0.2) is 41.5 Å². The maximum Gasteiger partial charge on any atom is 0.213 e. The highest BCUT2D eigenvalue weighted by Gasteiger charge is 2.17. The number of nitrogens with one attached hydrogen (secondary N) is 1. The van der Waals surface area contributed by atoms with E-state index in [1.54, 1.807) is 6.20 Å². The minimum atomic E-state index is 0.0906. The Labute approximate surface area is 153 Å². The standard InChI is InChI=1S/C20H24N4O2/c21-20(24-17-5-4-15-2-1-3-16(15)11-17)23-12-14-6-8-22-19(10-14)26-18-7-9-25-13-18/h4-6,8,10-11,18H,1-3,7,9,12-13H2,(H3,21,23,24). The minimum Gasteiger partial charge on any atom is -0.472 e. The Morgan fingerprint density at radius 2 is 2.19 bits per heavy atom. The number of ether oxygens (including phenoxy) is 2. The Bertz CT molecular complexity index is 800. The van der Waals surface area contributed by atoms with Gasteiger partial charge in [0.25, 0.3) is 0 Å². The van der Waals surface area contributed by atoms with Gasteiger partial charge < -0.3 is 20.5 Å². The van der Waals surface area contributed by atoms with Gasteiger partial charge in [-0.1, -0.05) is 6.07 Å². The molecule has 6 nitrogen and oxygen atoms in total. The van der Waals surface area contributed by atoms with Gasteiger partial charge in [0.15, 0.2) is 5.96 Å².